The van der Waals surface area contributed by atoms with Crippen LogP contribution in [0.15, 0.2) is 23.3 Å². The SMILES string of the molecule is CCNC(=NCCC1CCCO1)N(C)Cc1cccn1C.I. The Morgan fingerprint density at radius 3 is 2.95 bits per heavy atom. The third-order valence-corrected chi connectivity index (χ3v) is 3.88. The zero-order chi connectivity index (χ0) is 15.1. The van der Waals surface area contributed by atoms with E-state index >= 15 is 0 Å². The molecule has 0 radical (unpaired) electrons. The molecule has 0 amide bonds. The molecule has 6 heteroatoms. The molecule has 1 fully saturated rings. The zero-order valence-electron chi connectivity index (χ0n) is 13.9. The molecule has 1 atom stereocenters. The zero-order valence-corrected chi connectivity index (χ0v) is 16.2. The second-order valence-corrected chi connectivity index (χ2v) is 5.63. The summed E-state index contributed by atoms with van der Waals surface area (Å²) in [4.78, 5) is 6.90. The van der Waals surface area contributed by atoms with Gasteiger partial charge < -0.3 is 19.5 Å². The molecule has 1 unspecified atom stereocenters. The molecule has 0 spiro atoms. The van der Waals surface area contributed by atoms with Gasteiger partial charge in [-0.1, -0.05) is 0 Å². The van der Waals surface area contributed by atoms with E-state index in [4.69, 9.17) is 9.73 Å². The van der Waals surface area contributed by atoms with Crippen LogP contribution in [0.3, 0.4) is 0 Å². The number of nitrogens with one attached hydrogen (secondary N) is 1. The fraction of sp³-hybridized carbons (Fsp3) is 0.688. The maximum atomic E-state index is 5.65. The maximum absolute atomic E-state index is 5.65. The van der Waals surface area contributed by atoms with Gasteiger partial charge >= 0.3 is 0 Å². The van der Waals surface area contributed by atoms with Crippen LogP contribution in [-0.4, -0.2) is 48.3 Å². The standard InChI is InChI=1S/C16H28N4O.HI/c1-4-17-16(18-10-9-15-8-6-12-21-15)20(3)13-14-7-5-11-19(14)2;/h5,7,11,15H,4,6,8-10,12-13H2,1-3H3,(H,17,18);1H. The predicted molar refractivity (Wildman–Crippen MR) is 102 cm³/mol. The first-order chi connectivity index (χ1) is 10.2. The molecule has 0 bridgehead atoms. The van der Waals surface area contributed by atoms with Crippen LogP contribution in [0.1, 0.15) is 31.9 Å². The molecule has 126 valence electrons. The summed E-state index contributed by atoms with van der Waals surface area (Å²) in [6, 6.07) is 4.22. The number of aromatic nitrogens is 1. The van der Waals surface area contributed by atoms with E-state index < -0.39 is 0 Å². The number of aryl methyl sites for hydroxylation is 1. The van der Waals surface area contributed by atoms with Gasteiger partial charge in [-0.25, -0.2) is 0 Å². The molecule has 2 rings (SSSR count). The van der Waals surface area contributed by atoms with Crippen LogP contribution >= 0.6 is 24.0 Å². The minimum absolute atomic E-state index is 0. The highest BCUT2D eigenvalue weighted by molar-refractivity contribution is 14.0. The van der Waals surface area contributed by atoms with Gasteiger partial charge in [-0.05, 0) is 38.3 Å². The molecule has 5 nitrogen and oxygen atoms in total. The smallest absolute Gasteiger partial charge is 0.194 e. The summed E-state index contributed by atoms with van der Waals surface area (Å²) in [5.74, 6) is 0.969. The number of guanidine groups is 1. The number of hydrogen-bond donors (Lipinski definition) is 1. The maximum Gasteiger partial charge on any atom is 0.194 e. The van der Waals surface area contributed by atoms with Crippen molar-refractivity contribution in [3.05, 3.63) is 24.0 Å². The minimum atomic E-state index is 0. The van der Waals surface area contributed by atoms with Crippen molar-refractivity contribution < 1.29 is 4.74 Å². The molecular weight excluding hydrogens is 391 g/mol. The third-order valence-electron chi connectivity index (χ3n) is 3.88. The van der Waals surface area contributed by atoms with Crippen LogP contribution in [-0.2, 0) is 18.3 Å². The molecule has 0 aliphatic carbocycles. The Morgan fingerprint density at radius 1 is 1.55 bits per heavy atom. The molecule has 22 heavy (non-hydrogen) atoms. The summed E-state index contributed by atoms with van der Waals surface area (Å²) in [6.45, 7) is 5.59. The van der Waals surface area contributed by atoms with Crippen molar-refractivity contribution in [1.29, 1.82) is 0 Å². The number of halogens is 1. The average molecular weight is 420 g/mol. The van der Waals surface area contributed by atoms with Gasteiger partial charge in [0.1, 0.15) is 0 Å². The van der Waals surface area contributed by atoms with Crippen LogP contribution in [0, 0.1) is 0 Å². The normalized spacial score (nSPS) is 18.1. The van der Waals surface area contributed by atoms with E-state index in [1.807, 2.05) is 0 Å². The van der Waals surface area contributed by atoms with Crippen LogP contribution in [0.4, 0.5) is 0 Å². The number of aliphatic imine (C=N–C) groups is 1. The lowest BCUT2D eigenvalue weighted by Crippen LogP contribution is -2.39. The summed E-state index contributed by atoms with van der Waals surface area (Å²) in [6.07, 6.45) is 5.89. The van der Waals surface area contributed by atoms with Gasteiger partial charge in [-0.2, -0.15) is 0 Å². The highest BCUT2D eigenvalue weighted by Crippen LogP contribution is 2.15. The first-order valence-corrected chi connectivity index (χ1v) is 7.92. The summed E-state index contributed by atoms with van der Waals surface area (Å²) < 4.78 is 7.79. The van der Waals surface area contributed by atoms with Gasteiger partial charge in [0.05, 0.1) is 12.6 Å². The molecule has 1 aromatic rings. The van der Waals surface area contributed by atoms with Crippen LogP contribution in [0.25, 0.3) is 0 Å². The largest absolute Gasteiger partial charge is 0.378 e. The lowest BCUT2D eigenvalue weighted by Gasteiger charge is -2.22. The summed E-state index contributed by atoms with van der Waals surface area (Å²) in [5, 5.41) is 3.37. The molecule has 2 heterocycles. The van der Waals surface area contributed by atoms with Crippen molar-refractivity contribution in [3.8, 4) is 0 Å². The Hall–Kier alpha value is -0.760. The Bertz CT molecular complexity index is 455. The molecule has 1 saturated heterocycles. The highest BCUT2D eigenvalue weighted by Gasteiger charge is 2.15. The Morgan fingerprint density at radius 2 is 2.36 bits per heavy atom. The Kier molecular flexibility index (Phi) is 8.85. The molecule has 0 saturated carbocycles. The van der Waals surface area contributed by atoms with Crippen LogP contribution in [0.2, 0.25) is 0 Å². The Balaban J connectivity index is 0.00000242. The first-order valence-electron chi connectivity index (χ1n) is 7.92. The van der Waals surface area contributed by atoms with Gasteiger partial charge in [0.25, 0.3) is 0 Å². The molecule has 0 aromatic carbocycles. The molecule has 1 N–H and O–H groups in total. The summed E-state index contributed by atoms with van der Waals surface area (Å²) in [7, 11) is 4.16. The van der Waals surface area contributed by atoms with Gasteiger partial charge in [0.15, 0.2) is 5.96 Å². The van der Waals surface area contributed by atoms with Gasteiger partial charge in [0.2, 0.25) is 0 Å². The van der Waals surface area contributed by atoms with Crippen molar-refractivity contribution in [2.75, 3.05) is 26.7 Å². The van der Waals surface area contributed by atoms with E-state index in [0.29, 0.717) is 6.10 Å². The van der Waals surface area contributed by atoms with E-state index in [0.717, 1.165) is 38.6 Å². The fourth-order valence-corrected chi connectivity index (χ4v) is 2.63. The average Bonchev–Trinajstić information content (AvgIpc) is 3.10. The second kappa shape index (κ2) is 10.1. The van der Waals surface area contributed by atoms with Crippen molar-refractivity contribution in [2.45, 2.75) is 38.8 Å². The highest BCUT2D eigenvalue weighted by atomic mass is 127. The van der Waals surface area contributed by atoms with Crippen molar-refractivity contribution in [3.63, 3.8) is 0 Å². The second-order valence-electron chi connectivity index (χ2n) is 5.63. The van der Waals surface area contributed by atoms with E-state index in [1.54, 1.807) is 0 Å². The Labute approximate surface area is 151 Å². The quantitative estimate of drug-likeness (QED) is 0.437. The van der Waals surface area contributed by atoms with Crippen molar-refractivity contribution in [1.82, 2.24) is 14.8 Å². The summed E-state index contributed by atoms with van der Waals surface area (Å²) >= 11 is 0. The minimum Gasteiger partial charge on any atom is -0.378 e. The third kappa shape index (κ3) is 5.79. The summed E-state index contributed by atoms with van der Waals surface area (Å²) in [5.41, 5.74) is 1.28. The molecule has 1 aromatic heterocycles. The lowest BCUT2D eigenvalue weighted by molar-refractivity contribution is 0.106. The van der Waals surface area contributed by atoms with E-state index in [2.05, 4.69) is 54.1 Å². The van der Waals surface area contributed by atoms with Crippen LogP contribution < -0.4 is 5.32 Å². The predicted octanol–water partition coefficient (Wildman–Crippen LogP) is 2.61. The van der Waals surface area contributed by atoms with E-state index in [-0.39, 0.29) is 24.0 Å². The van der Waals surface area contributed by atoms with E-state index in [1.165, 1.54) is 18.5 Å². The molecule has 1 aliphatic rings. The topological polar surface area (TPSA) is 41.8 Å². The lowest BCUT2D eigenvalue weighted by atomic mass is 10.2. The van der Waals surface area contributed by atoms with Crippen LogP contribution in [0.5, 0.6) is 0 Å². The van der Waals surface area contributed by atoms with Gasteiger partial charge in [0, 0.05) is 45.7 Å². The van der Waals surface area contributed by atoms with Gasteiger partial charge in [-0.15, -0.1) is 24.0 Å². The number of hydrogen-bond acceptors (Lipinski definition) is 2. The number of rotatable bonds is 6. The van der Waals surface area contributed by atoms with E-state index in [9.17, 15) is 0 Å². The fourth-order valence-electron chi connectivity index (χ4n) is 2.63. The molecule has 1 aliphatic heterocycles. The monoisotopic (exact) mass is 420 g/mol. The van der Waals surface area contributed by atoms with Crippen molar-refractivity contribution >= 4 is 29.9 Å². The van der Waals surface area contributed by atoms with Crippen molar-refractivity contribution in [2.24, 2.45) is 12.0 Å². The number of nitrogens with zero attached hydrogens (tertiary/aromatic N) is 3. The van der Waals surface area contributed by atoms with Gasteiger partial charge in [-0.3, -0.25) is 4.99 Å². The molecular formula is C16H29IN4O. The number of ether oxygens (including phenoxy) is 1. The first kappa shape index (κ1) is 19.3.